The quantitative estimate of drug-likeness (QED) is 0.777. The second-order valence-electron chi connectivity index (χ2n) is 5.67. The normalized spacial score (nSPS) is 23.8. The predicted molar refractivity (Wildman–Crippen MR) is 92.4 cm³/mol. The van der Waals surface area contributed by atoms with E-state index >= 15 is 0 Å². The van der Waals surface area contributed by atoms with Crippen molar-refractivity contribution < 1.29 is 23.9 Å². The Kier molecular flexibility index (Phi) is 4.54. The number of Topliss-reactive ketones (excluding diaryl/α,β-unsaturated/α-hetero) is 1. The van der Waals surface area contributed by atoms with Crippen LogP contribution in [0.2, 0.25) is 0 Å². The molecule has 1 aromatic rings. The number of ether oxygens (including phenoxy) is 2. The van der Waals surface area contributed by atoms with Gasteiger partial charge in [0.05, 0.1) is 4.91 Å². The molecule has 0 aromatic heterocycles. The number of imide groups is 1. The molecule has 2 heterocycles. The van der Waals surface area contributed by atoms with Crippen molar-refractivity contribution in [3.63, 3.8) is 0 Å². The van der Waals surface area contributed by atoms with Gasteiger partial charge in [-0.3, -0.25) is 19.7 Å². The highest BCUT2D eigenvalue weighted by Crippen LogP contribution is 2.26. The molecule has 2 N–H and O–H groups in total. The molecular weight excluding hydrogens is 344 g/mol. The minimum Gasteiger partial charge on any atom is -0.486 e. The van der Waals surface area contributed by atoms with Crippen molar-refractivity contribution in [2.75, 3.05) is 6.61 Å². The third-order valence-corrected chi connectivity index (χ3v) is 4.45. The summed E-state index contributed by atoms with van der Waals surface area (Å²) in [4.78, 5) is 35.2. The molecule has 7 nitrogen and oxygen atoms in total. The molecule has 0 saturated carbocycles. The molecule has 0 spiro atoms. The van der Waals surface area contributed by atoms with Gasteiger partial charge >= 0.3 is 0 Å². The van der Waals surface area contributed by atoms with Crippen LogP contribution in [-0.4, -0.2) is 29.3 Å². The number of hydrogen-bond donors (Lipinski definition) is 2. The Labute approximate surface area is 148 Å². The van der Waals surface area contributed by atoms with Gasteiger partial charge in [0.15, 0.2) is 6.61 Å². The Bertz CT molecular complexity index is 800. The zero-order valence-corrected chi connectivity index (χ0v) is 14.4. The smallest absolute Gasteiger partial charge is 0.290 e. The number of carbonyl (C=O) groups is 3. The monoisotopic (exact) mass is 360 g/mol. The first-order valence-corrected chi connectivity index (χ1v) is 8.32. The highest BCUT2D eigenvalue weighted by molar-refractivity contribution is 8.18. The molecular formula is C17H16N2O5S. The summed E-state index contributed by atoms with van der Waals surface area (Å²) in [5, 5.41) is 4.70. The molecule has 1 aromatic carbocycles. The number of thioether (sulfide) groups is 1. The third kappa shape index (κ3) is 3.85. The number of nitrogens with one attached hydrogen (secondary N) is 2. The van der Waals surface area contributed by atoms with Crippen LogP contribution in [0.25, 0.3) is 6.08 Å². The summed E-state index contributed by atoms with van der Waals surface area (Å²) < 4.78 is 10.9. The van der Waals surface area contributed by atoms with E-state index in [4.69, 9.17) is 9.47 Å². The zero-order chi connectivity index (χ0) is 18.0. The maximum Gasteiger partial charge on any atom is 0.290 e. The number of hydrogen-bond acceptors (Lipinski definition) is 7. The van der Waals surface area contributed by atoms with Gasteiger partial charge in [0.2, 0.25) is 11.5 Å². The highest BCUT2D eigenvalue weighted by atomic mass is 32.2. The van der Waals surface area contributed by atoms with Gasteiger partial charge in [-0.05, 0) is 42.5 Å². The number of amides is 2. The van der Waals surface area contributed by atoms with E-state index in [1.54, 1.807) is 50.4 Å². The second kappa shape index (κ2) is 6.64. The van der Waals surface area contributed by atoms with Crippen LogP contribution in [0.5, 0.6) is 5.75 Å². The SMILES string of the molecule is CC1=CNC(C)(C(=O)COc2ccc(/C=C3\SC(=O)NC3=O)cc2)O1. The van der Waals surface area contributed by atoms with Crippen LogP contribution < -0.4 is 15.4 Å². The van der Waals surface area contributed by atoms with Gasteiger partial charge < -0.3 is 14.8 Å². The van der Waals surface area contributed by atoms with Crippen molar-refractivity contribution >= 4 is 34.8 Å². The van der Waals surface area contributed by atoms with Gasteiger partial charge in [-0.2, -0.15) is 0 Å². The number of benzene rings is 1. The second-order valence-corrected chi connectivity index (χ2v) is 6.68. The Morgan fingerprint density at radius 3 is 2.60 bits per heavy atom. The number of carbonyl (C=O) groups excluding carboxylic acids is 3. The molecule has 25 heavy (non-hydrogen) atoms. The first kappa shape index (κ1) is 17.1. The van der Waals surface area contributed by atoms with Crippen LogP contribution in [0.3, 0.4) is 0 Å². The minimum atomic E-state index is -1.10. The molecule has 2 amide bonds. The predicted octanol–water partition coefficient (Wildman–Crippen LogP) is 2.16. The van der Waals surface area contributed by atoms with E-state index in [1.807, 2.05) is 0 Å². The molecule has 130 valence electrons. The lowest BCUT2D eigenvalue weighted by molar-refractivity contribution is -0.139. The molecule has 8 heteroatoms. The van der Waals surface area contributed by atoms with Crippen molar-refractivity contribution in [3.8, 4) is 5.75 Å². The Morgan fingerprint density at radius 2 is 2.04 bits per heavy atom. The van der Waals surface area contributed by atoms with Crippen LogP contribution in [0.1, 0.15) is 19.4 Å². The van der Waals surface area contributed by atoms with Crippen molar-refractivity contribution in [1.82, 2.24) is 10.6 Å². The van der Waals surface area contributed by atoms with Crippen LogP contribution >= 0.6 is 11.8 Å². The van der Waals surface area contributed by atoms with E-state index < -0.39 is 11.6 Å². The van der Waals surface area contributed by atoms with Gasteiger partial charge in [-0.1, -0.05) is 12.1 Å². The highest BCUT2D eigenvalue weighted by Gasteiger charge is 2.38. The van der Waals surface area contributed by atoms with E-state index in [-0.39, 0.29) is 17.6 Å². The Hall–Kier alpha value is -2.74. The molecule has 1 unspecified atom stereocenters. The summed E-state index contributed by atoms with van der Waals surface area (Å²) in [6.07, 6.45) is 3.26. The topological polar surface area (TPSA) is 93.7 Å². The summed E-state index contributed by atoms with van der Waals surface area (Å²) in [6.45, 7) is 3.26. The summed E-state index contributed by atoms with van der Waals surface area (Å²) >= 11 is 0.860. The fraction of sp³-hybridized carbons (Fsp3) is 0.235. The number of rotatable bonds is 5. The van der Waals surface area contributed by atoms with Crippen molar-refractivity contribution in [3.05, 3.63) is 46.7 Å². The molecule has 0 radical (unpaired) electrons. The lowest BCUT2D eigenvalue weighted by Gasteiger charge is -2.23. The summed E-state index contributed by atoms with van der Waals surface area (Å²) in [7, 11) is 0. The largest absolute Gasteiger partial charge is 0.486 e. The first-order valence-electron chi connectivity index (χ1n) is 7.50. The lowest BCUT2D eigenvalue weighted by atomic mass is 10.1. The average Bonchev–Trinajstić information content (AvgIpc) is 3.08. The van der Waals surface area contributed by atoms with Crippen LogP contribution in [0.15, 0.2) is 41.1 Å². The zero-order valence-electron chi connectivity index (χ0n) is 13.6. The molecule has 2 aliphatic rings. The van der Waals surface area contributed by atoms with E-state index in [9.17, 15) is 14.4 Å². The van der Waals surface area contributed by atoms with Crippen molar-refractivity contribution in [2.24, 2.45) is 0 Å². The van der Waals surface area contributed by atoms with E-state index in [0.29, 0.717) is 16.4 Å². The van der Waals surface area contributed by atoms with Crippen molar-refractivity contribution in [1.29, 1.82) is 0 Å². The fourth-order valence-corrected chi connectivity index (χ4v) is 2.96. The molecule has 3 rings (SSSR count). The fourth-order valence-electron chi connectivity index (χ4n) is 2.28. The van der Waals surface area contributed by atoms with E-state index in [1.165, 1.54) is 0 Å². The number of allylic oxidation sites excluding steroid dienone is 1. The van der Waals surface area contributed by atoms with Gasteiger partial charge in [-0.25, -0.2) is 0 Å². The van der Waals surface area contributed by atoms with E-state index in [0.717, 1.165) is 17.3 Å². The third-order valence-electron chi connectivity index (χ3n) is 3.64. The van der Waals surface area contributed by atoms with Crippen LogP contribution in [0, 0.1) is 0 Å². The molecule has 2 aliphatic heterocycles. The molecule has 0 aliphatic carbocycles. The van der Waals surface area contributed by atoms with Gasteiger partial charge in [0.25, 0.3) is 11.1 Å². The van der Waals surface area contributed by atoms with Crippen molar-refractivity contribution in [2.45, 2.75) is 19.6 Å². The Morgan fingerprint density at radius 1 is 1.32 bits per heavy atom. The van der Waals surface area contributed by atoms with Crippen LogP contribution in [-0.2, 0) is 14.3 Å². The van der Waals surface area contributed by atoms with Gasteiger partial charge in [0.1, 0.15) is 11.5 Å². The number of ketones is 1. The van der Waals surface area contributed by atoms with E-state index in [2.05, 4.69) is 10.6 Å². The minimum absolute atomic E-state index is 0.141. The standard InChI is InChI=1S/C17H16N2O5S/c1-10-8-18-17(2,24-10)14(20)9-23-12-5-3-11(4-6-12)7-13-15(21)19-16(22)25-13/h3-8,18H,9H2,1-2H3,(H,19,21,22)/b13-7-. The molecule has 1 saturated heterocycles. The molecule has 0 bridgehead atoms. The maximum absolute atomic E-state index is 12.2. The average molecular weight is 360 g/mol. The first-order chi connectivity index (χ1) is 11.9. The Balaban J connectivity index is 1.58. The van der Waals surface area contributed by atoms with Crippen LogP contribution in [0.4, 0.5) is 4.79 Å². The molecule has 1 fully saturated rings. The lowest BCUT2D eigenvalue weighted by Crippen LogP contribution is -2.48. The summed E-state index contributed by atoms with van der Waals surface area (Å²) in [5.74, 6) is 0.522. The summed E-state index contributed by atoms with van der Waals surface area (Å²) in [5.41, 5.74) is -0.354. The van der Waals surface area contributed by atoms with Gasteiger partial charge in [0, 0.05) is 13.1 Å². The maximum atomic E-state index is 12.2. The van der Waals surface area contributed by atoms with Gasteiger partial charge in [-0.15, -0.1) is 0 Å². The summed E-state index contributed by atoms with van der Waals surface area (Å²) in [6, 6.07) is 6.85. The molecule has 1 atom stereocenters.